The van der Waals surface area contributed by atoms with Crippen LogP contribution in [0.15, 0.2) is 18.2 Å². The van der Waals surface area contributed by atoms with Crippen molar-refractivity contribution in [2.24, 2.45) is 0 Å². The first-order valence-corrected chi connectivity index (χ1v) is 10.4. The second-order valence-electron chi connectivity index (χ2n) is 7.75. The Kier molecular flexibility index (Phi) is 6.81. The van der Waals surface area contributed by atoms with E-state index in [1.807, 2.05) is 28.0 Å². The summed E-state index contributed by atoms with van der Waals surface area (Å²) in [5.41, 5.74) is 0.650. The number of hydrogen-bond donors (Lipinski definition) is 0. The van der Waals surface area contributed by atoms with Gasteiger partial charge in [0.1, 0.15) is 6.10 Å². The van der Waals surface area contributed by atoms with Crippen LogP contribution in [0.25, 0.3) is 0 Å². The van der Waals surface area contributed by atoms with E-state index in [2.05, 4.69) is 6.92 Å². The highest BCUT2D eigenvalue weighted by Gasteiger charge is 2.28. The third-order valence-corrected chi connectivity index (χ3v) is 5.95. The zero-order valence-electron chi connectivity index (χ0n) is 17.3. The molecule has 0 spiro atoms. The van der Waals surface area contributed by atoms with E-state index in [1.165, 1.54) is 6.42 Å². The van der Waals surface area contributed by atoms with Crippen LogP contribution < -0.4 is 9.47 Å². The fraction of sp³-hybridized carbons (Fsp3) is 0.636. The number of rotatable bonds is 5. The molecule has 0 bridgehead atoms. The highest BCUT2D eigenvalue weighted by atomic mass is 16.5. The number of carbonyl (C=O) groups excluding carboxylic acids is 2. The van der Waals surface area contributed by atoms with E-state index in [0.717, 1.165) is 38.6 Å². The molecule has 154 valence electrons. The molecular weight excluding hydrogens is 356 g/mol. The Morgan fingerprint density at radius 3 is 2.46 bits per heavy atom. The smallest absolute Gasteiger partial charge is 0.254 e. The monoisotopic (exact) mass is 388 g/mol. The first kappa shape index (κ1) is 20.5. The standard InChI is InChI=1S/C22H32N2O4/c1-4-18-7-5-6-12-24(18)22(26)17-8-9-20(27-3)21(15-17)28-19-10-13-23(14-11-19)16(2)25/h8-9,15,18-19H,4-7,10-14H2,1-3H3. The third-order valence-electron chi connectivity index (χ3n) is 5.95. The first-order chi connectivity index (χ1) is 13.5. The third kappa shape index (κ3) is 4.59. The summed E-state index contributed by atoms with van der Waals surface area (Å²) in [5.74, 6) is 1.43. The zero-order chi connectivity index (χ0) is 20.1. The lowest BCUT2D eigenvalue weighted by Gasteiger charge is -2.35. The Morgan fingerprint density at radius 2 is 1.82 bits per heavy atom. The molecule has 1 aromatic carbocycles. The van der Waals surface area contributed by atoms with Crippen molar-refractivity contribution in [3.05, 3.63) is 23.8 Å². The molecule has 0 aliphatic carbocycles. The summed E-state index contributed by atoms with van der Waals surface area (Å²) < 4.78 is 11.7. The van der Waals surface area contributed by atoms with Crippen LogP contribution in [0.4, 0.5) is 0 Å². The second-order valence-corrected chi connectivity index (χ2v) is 7.75. The molecule has 2 aliphatic heterocycles. The van der Waals surface area contributed by atoms with Crippen molar-refractivity contribution in [3.63, 3.8) is 0 Å². The molecule has 2 aliphatic rings. The molecule has 2 fully saturated rings. The van der Waals surface area contributed by atoms with Crippen molar-refractivity contribution < 1.29 is 19.1 Å². The van der Waals surface area contributed by atoms with E-state index < -0.39 is 0 Å². The Balaban J connectivity index is 1.73. The van der Waals surface area contributed by atoms with Gasteiger partial charge in [0.05, 0.1) is 7.11 Å². The van der Waals surface area contributed by atoms with Crippen LogP contribution in [0.3, 0.4) is 0 Å². The van der Waals surface area contributed by atoms with Crippen molar-refractivity contribution in [2.45, 2.75) is 64.5 Å². The number of likely N-dealkylation sites (tertiary alicyclic amines) is 2. The van der Waals surface area contributed by atoms with Crippen LogP contribution in [-0.2, 0) is 4.79 Å². The van der Waals surface area contributed by atoms with Gasteiger partial charge in [-0.2, -0.15) is 0 Å². The van der Waals surface area contributed by atoms with Crippen molar-refractivity contribution in [2.75, 3.05) is 26.7 Å². The van der Waals surface area contributed by atoms with Gasteiger partial charge in [-0.15, -0.1) is 0 Å². The topological polar surface area (TPSA) is 59.1 Å². The first-order valence-electron chi connectivity index (χ1n) is 10.4. The molecule has 2 saturated heterocycles. The van der Waals surface area contributed by atoms with Crippen LogP contribution >= 0.6 is 0 Å². The average Bonchev–Trinajstić information content (AvgIpc) is 2.73. The maximum atomic E-state index is 13.1. The van der Waals surface area contributed by atoms with E-state index in [0.29, 0.717) is 36.2 Å². The molecule has 6 nitrogen and oxygen atoms in total. The quantitative estimate of drug-likeness (QED) is 0.775. The van der Waals surface area contributed by atoms with Gasteiger partial charge >= 0.3 is 0 Å². The van der Waals surface area contributed by atoms with Crippen molar-refractivity contribution in [3.8, 4) is 11.5 Å². The lowest BCUT2D eigenvalue weighted by atomic mass is 9.99. The van der Waals surface area contributed by atoms with Gasteiger partial charge in [0.2, 0.25) is 5.91 Å². The van der Waals surface area contributed by atoms with Crippen molar-refractivity contribution in [1.29, 1.82) is 0 Å². The molecule has 1 aromatic rings. The number of benzene rings is 1. The molecule has 1 unspecified atom stereocenters. The largest absolute Gasteiger partial charge is 0.493 e. The van der Waals surface area contributed by atoms with Gasteiger partial charge in [-0.05, 0) is 43.9 Å². The minimum Gasteiger partial charge on any atom is -0.493 e. The van der Waals surface area contributed by atoms with Gasteiger partial charge in [-0.25, -0.2) is 0 Å². The SMILES string of the molecule is CCC1CCCCN1C(=O)c1ccc(OC)c(OC2CCN(C(C)=O)CC2)c1. The average molecular weight is 389 g/mol. The van der Waals surface area contributed by atoms with Gasteiger partial charge in [-0.1, -0.05) is 6.92 Å². The number of ether oxygens (including phenoxy) is 2. The van der Waals surface area contributed by atoms with Crippen LogP contribution in [-0.4, -0.2) is 60.5 Å². The molecule has 3 rings (SSSR count). The predicted octanol–water partition coefficient (Wildman–Crippen LogP) is 3.49. The van der Waals surface area contributed by atoms with Gasteiger partial charge in [0.25, 0.3) is 5.91 Å². The lowest BCUT2D eigenvalue weighted by molar-refractivity contribution is -0.130. The molecule has 0 saturated carbocycles. The molecule has 1 atom stereocenters. The number of nitrogens with zero attached hydrogens (tertiary/aromatic N) is 2. The highest BCUT2D eigenvalue weighted by molar-refractivity contribution is 5.95. The molecular formula is C22H32N2O4. The van der Waals surface area contributed by atoms with Gasteiger partial charge in [0.15, 0.2) is 11.5 Å². The van der Waals surface area contributed by atoms with Crippen molar-refractivity contribution in [1.82, 2.24) is 9.80 Å². The molecule has 0 aromatic heterocycles. The van der Waals surface area contributed by atoms with E-state index in [1.54, 1.807) is 14.0 Å². The van der Waals surface area contributed by atoms with Gasteiger partial charge in [-0.3, -0.25) is 9.59 Å². The van der Waals surface area contributed by atoms with E-state index in [4.69, 9.17) is 9.47 Å². The minimum absolute atomic E-state index is 0.0215. The molecule has 28 heavy (non-hydrogen) atoms. The summed E-state index contributed by atoms with van der Waals surface area (Å²) in [7, 11) is 1.61. The Morgan fingerprint density at radius 1 is 1.07 bits per heavy atom. The molecule has 6 heteroatoms. The van der Waals surface area contributed by atoms with Gasteiger partial charge in [0, 0.05) is 51.0 Å². The summed E-state index contributed by atoms with van der Waals surface area (Å²) in [4.78, 5) is 28.5. The van der Waals surface area contributed by atoms with Crippen molar-refractivity contribution >= 4 is 11.8 Å². The fourth-order valence-electron chi connectivity index (χ4n) is 4.23. The summed E-state index contributed by atoms with van der Waals surface area (Å²) in [6.07, 6.45) is 5.91. The zero-order valence-corrected chi connectivity index (χ0v) is 17.3. The fourth-order valence-corrected chi connectivity index (χ4v) is 4.23. The van der Waals surface area contributed by atoms with Gasteiger partial charge < -0.3 is 19.3 Å². The normalized spacial score (nSPS) is 20.8. The van der Waals surface area contributed by atoms with E-state index in [-0.39, 0.29) is 17.9 Å². The number of methoxy groups -OCH3 is 1. The number of amides is 2. The predicted molar refractivity (Wildman–Crippen MR) is 108 cm³/mol. The molecule has 0 radical (unpaired) electrons. The molecule has 2 amide bonds. The summed E-state index contributed by atoms with van der Waals surface area (Å²) in [5, 5.41) is 0. The Labute approximate surface area is 167 Å². The summed E-state index contributed by atoms with van der Waals surface area (Å²) in [6.45, 7) is 5.97. The van der Waals surface area contributed by atoms with Crippen LogP contribution in [0, 0.1) is 0 Å². The minimum atomic E-state index is 0.0215. The van der Waals surface area contributed by atoms with E-state index >= 15 is 0 Å². The maximum Gasteiger partial charge on any atom is 0.254 e. The van der Waals surface area contributed by atoms with Crippen LogP contribution in [0.2, 0.25) is 0 Å². The molecule has 2 heterocycles. The number of piperidine rings is 2. The Bertz CT molecular complexity index is 698. The summed E-state index contributed by atoms with van der Waals surface area (Å²) in [6, 6.07) is 5.79. The second kappa shape index (κ2) is 9.30. The molecule has 0 N–H and O–H groups in total. The Hall–Kier alpha value is -2.24. The maximum absolute atomic E-state index is 13.1. The summed E-state index contributed by atoms with van der Waals surface area (Å²) >= 11 is 0. The lowest BCUT2D eigenvalue weighted by Crippen LogP contribution is -2.43. The van der Waals surface area contributed by atoms with Crippen LogP contribution in [0.5, 0.6) is 11.5 Å². The highest BCUT2D eigenvalue weighted by Crippen LogP contribution is 2.32. The number of carbonyl (C=O) groups is 2. The van der Waals surface area contributed by atoms with E-state index in [9.17, 15) is 9.59 Å². The van der Waals surface area contributed by atoms with Crippen LogP contribution in [0.1, 0.15) is 62.7 Å². The number of hydrogen-bond acceptors (Lipinski definition) is 4.